The van der Waals surface area contributed by atoms with Crippen molar-refractivity contribution in [2.45, 2.75) is 0 Å². The molecule has 0 atom stereocenters. The third-order valence-electron chi connectivity index (χ3n) is 2.24. The molecule has 0 aliphatic heterocycles. The third kappa shape index (κ3) is 1.12. The number of hydrogen-bond acceptors (Lipinski definition) is 2. The van der Waals surface area contributed by atoms with E-state index in [-0.39, 0.29) is 11.5 Å². The van der Waals surface area contributed by atoms with Crippen molar-refractivity contribution in [3.8, 4) is 11.5 Å². The van der Waals surface area contributed by atoms with Gasteiger partial charge in [0.25, 0.3) is 0 Å². The van der Waals surface area contributed by atoms with Gasteiger partial charge < -0.3 is 10.2 Å². The van der Waals surface area contributed by atoms with Crippen LogP contribution in [0.25, 0.3) is 16.8 Å². The molecule has 2 rings (SSSR count). The Kier molecular flexibility index (Phi) is 1.89. The van der Waals surface area contributed by atoms with E-state index in [1.807, 2.05) is 18.2 Å². The molecule has 0 bridgehead atoms. The second-order valence-electron chi connectivity index (χ2n) is 3.08. The lowest BCUT2D eigenvalue weighted by Crippen LogP contribution is -1.80. The van der Waals surface area contributed by atoms with Gasteiger partial charge in [0.1, 0.15) is 11.5 Å². The van der Waals surface area contributed by atoms with Gasteiger partial charge in [-0.25, -0.2) is 0 Å². The molecule has 0 aliphatic rings. The predicted molar refractivity (Wildman–Crippen MR) is 57.4 cm³/mol. The molecule has 0 spiro atoms. The van der Waals surface area contributed by atoms with Crippen molar-refractivity contribution in [3.63, 3.8) is 0 Å². The number of fused-ring (bicyclic) bond motifs is 1. The SMILES string of the molecule is C=Cc1c(O)cc2ccccc2c1O. The summed E-state index contributed by atoms with van der Waals surface area (Å²) in [6.45, 7) is 3.54. The zero-order valence-corrected chi connectivity index (χ0v) is 7.57. The molecule has 2 aromatic rings. The number of aromatic hydroxyl groups is 2. The molecular weight excluding hydrogens is 176 g/mol. The fraction of sp³-hybridized carbons (Fsp3) is 0. The molecule has 70 valence electrons. The number of phenols is 2. The Bertz CT molecular complexity index is 501. The molecule has 0 unspecified atom stereocenters. The average molecular weight is 186 g/mol. The zero-order valence-electron chi connectivity index (χ0n) is 7.57. The van der Waals surface area contributed by atoms with E-state index in [9.17, 15) is 10.2 Å². The fourth-order valence-corrected chi connectivity index (χ4v) is 1.53. The first-order valence-corrected chi connectivity index (χ1v) is 4.30. The van der Waals surface area contributed by atoms with Gasteiger partial charge in [-0.1, -0.05) is 36.9 Å². The van der Waals surface area contributed by atoms with Crippen LogP contribution in [0.4, 0.5) is 0 Å². The molecular formula is C12H10O2. The van der Waals surface area contributed by atoms with E-state index in [2.05, 4.69) is 6.58 Å². The molecule has 0 aromatic heterocycles. The van der Waals surface area contributed by atoms with Crippen LogP contribution in [0.1, 0.15) is 5.56 Å². The Hall–Kier alpha value is -1.96. The number of benzene rings is 2. The highest BCUT2D eigenvalue weighted by Gasteiger charge is 2.08. The highest BCUT2D eigenvalue weighted by Crippen LogP contribution is 2.35. The minimum absolute atomic E-state index is 0.0520. The Labute approximate surface area is 81.7 Å². The Morgan fingerprint density at radius 3 is 2.57 bits per heavy atom. The third-order valence-corrected chi connectivity index (χ3v) is 2.24. The van der Waals surface area contributed by atoms with Crippen molar-refractivity contribution in [1.29, 1.82) is 0 Å². The summed E-state index contributed by atoms with van der Waals surface area (Å²) in [5, 5.41) is 20.9. The van der Waals surface area contributed by atoms with Crippen molar-refractivity contribution in [2.75, 3.05) is 0 Å². The minimum atomic E-state index is 0.0520. The highest BCUT2D eigenvalue weighted by atomic mass is 16.3. The number of rotatable bonds is 1. The second kappa shape index (κ2) is 3.07. The van der Waals surface area contributed by atoms with Gasteiger partial charge in [-0.2, -0.15) is 0 Å². The van der Waals surface area contributed by atoms with Crippen molar-refractivity contribution < 1.29 is 10.2 Å². The summed E-state index contributed by atoms with van der Waals surface area (Å²) in [4.78, 5) is 0. The summed E-state index contributed by atoms with van der Waals surface area (Å²) in [6.07, 6.45) is 1.44. The van der Waals surface area contributed by atoms with E-state index in [4.69, 9.17) is 0 Å². The van der Waals surface area contributed by atoms with E-state index in [0.717, 1.165) is 10.8 Å². The van der Waals surface area contributed by atoms with Crippen LogP contribution in [-0.4, -0.2) is 10.2 Å². The smallest absolute Gasteiger partial charge is 0.134 e. The Morgan fingerprint density at radius 1 is 1.14 bits per heavy atom. The molecule has 0 saturated carbocycles. The second-order valence-corrected chi connectivity index (χ2v) is 3.08. The summed E-state index contributed by atoms with van der Waals surface area (Å²) in [6, 6.07) is 8.95. The molecule has 0 amide bonds. The minimum Gasteiger partial charge on any atom is -0.507 e. The molecule has 0 radical (unpaired) electrons. The van der Waals surface area contributed by atoms with Crippen molar-refractivity contribution in [3.05, 3.63) is 42.5 Å². The van der Waals surface area contributed by atoms with Crippen LogP contribution in [0.2, 0.25) is 0 Å². The van der Waals surface area contributed by atoms with E-state index in [1.54, 1.807) is 12.1 Å². The largest absolute Gasteiger partial charge is 0.507 e. The van der Waals surface area contributed by atoms with Crippen LogP contribution >= 0.6 is 0 Å². The maximum absolute atomic E-state index is 9.80. The Balaban J connectivity index is 2.92. The summed E-state index contributed by atoms with van der Waals surface area (Å²) in [5.41, 5.74) is 0.378. The van der Waals surface area contributed by atoms with Gasteiger partial charge in [-0.3, -0.25) is 0 Å². The summed E-state index contributed by atoms with van der Waals surface area (Å²) in [5.74, 6) is 0.131. The van der Waals surface area contributed by atoms with Gasteiger partial charge in [0, 0.05) is 5.39 Å². The maximum atomic E-state index is 9.80. The van der Waals surface area contributed by atoms with Crippen LogP contribution in [0, 0.1) is 0 Å². The van der Waals surface area contributed by atoms with Gasteiger partial charge >= 0.3 is 0 Å². The summed E-state index contributed by atoms with van der Waals surface area (Å²) >= 11 is 0. The summed E-state index contributed by atoms with van der Waals surface area (Å²) < 4.78 is 0. The topological polar surface area (TPSA) is 40.5 Å². The number of hydrogen-bond donors (Lipinski definition) is 2. The molecule has 0 aliphatic carbocycles. The summed E-state index contributed by atoms with van der Waals surface area (Å²) in [7, 11) is 0. The molecule has 2 nitrogen and oxygen atoms in total. The van der Waals surface area contributed by atoms with Crippen LogP contribution < -0.4 is 0 Å². The molecule has 14 heavy (non-hydrogen) atoms. The van der Waals surface area contributed by atoms with Crippen LogP contribution in [-0.2, 0) is 0 Å². The predicted octanol–water partition coefficient (Wildman–Crippen LogP) is 2.89. The lowest BCUT2D eigenvalue weighted by atomic mass is 10.0. The molecule has 0 heterocycles. The number of phenolic OH excluding ortho intramolecular Hbond substituents is 2. The standard InChI is InChI=1S/C12H10O2/c1-2-9-11(13)7-8-5-3-4-6-10(8)12(9)14/h2-7,13-14H,1H2. The van der Waals surface area contributed by atoms with Crippen LogP contribution in [0.5, 0.6) is 11.5 Å². The van der Waals surface area contributed by atoms with E-state index < -0.39 is 0 Å². The lowest BCUT2D eigenvalue weighted by Gasteiger charge is -2.06. The van der Waals surface area contributed by atoms with Crippen molar-refractivity contribution >= 4 is 16.8 Å². The van der Waals surface area contributed by atoms with Gasteiger partial charge in [0.15, 0.2) is 0 Å². The molecule has 2 heteroatoms. The Morgan fingerprint density at radius 2 is 1.86 bits per heavy atom. The van der Waals surface area contributed by atoms with E-state index in [0.29, 0.717) is 5.56 Å². The first-order chi connectivity index (χ1) is 6.74. The fourth-order valence-electron chi connectivity index (χ4n) is 1.53. The molecule has 2 N–H and O–H groups in total. The van der Waals surface area contributed by atoms with E-state index in [1.165, 1.54) is 6.08 Å². The first-order valence-electron chi connectivity index (χ1n) is 4.30. The van der Waals surface area contributed by atoms with Crippen LogP contribution in [0.3, 0.4) is 0 Å². The maximum Gasteiger partial charge on any atom is 0.134 e. The average Bonchev–Trinajstić information content (AvgIpc) is 2.18. The lowest BCUT2D eigenvalue weighted by molar-refractivity contribution is 0.453. The van der Waals surface area contributed by atoms with Crippen molar-refractivity contribution in [1.82, 2.24) is 0 Å². The normalized spacial score (nSPS) is 10.3. The molecule has 0 fully saturated rings. The van der Waals surface area contributed by atoms with Crippen LogP contribution in [0.15, 0.2) is 36.9 Å². The van der Waals surface area contributed by atoms with Gasteiger partial charge in [0.05, 0.1) is 5.56 Å². The first kappa shape index (κ1) is 8.63. The molecule has 0 saturated heterocycles. The van der Waals surface area contributed by atoms with Gasteiger partial charge in [-0.15, -0.1) is 0 Å². The quantitative estimate of drug-likeness (QED) is 0.718. The van der Waals surface area contributed by atoms with Gasteiger partial charge in [0.2, 0.25) is 0 Å². The van der Waals surface area contributed by atoms with E-state index >= 15 is 0 Å². The van der Waals surface area contributed by atoms with Gasteiger partial charge in [-0.05, 0) is 11.5 Å². The zero-order chi connectivity index (χ0) is 10.1. The molecule has 2 aromatic carbocycles. The monoisotopic (exact) mass is 186 g/mol. The highest BCUT2D eigenvalue weighted by molar-refractivity contribution is 5.93. The van der Waals surface area contributed by atoms with Crippen molar-refractivity contribution in [2.24, 2.45) is 0 Å².